The second-order valence-corrected chi connectivity index (χ2v) is 12.9. The number of hydrogen-bond acceptors (Lipinski definition) is 7. The molecule has 4 rings (SSSR count). The number of nitrogens with zero attached hydrogens (tertiary/aromatic N) is 3. The molecule has 3 aromatic rings. The van der Waals surface area contributed by atoms with Gasteiger partial charge in [0.15, 0.2) is 0 Å². The second kappa shape index (κ2) is 15.5. The number of carboxylic acids is 1. The largest absolute Gasteiger partial charge is 0.481 e. The molecule has 13 heteroatoms. The number of aliphatic carboxylic acids is 1. The van der Waals surface area contributed by atoms with E-state index in [0.29, 0.717) is 22.5 Å². The Kier molecular flexibility index (Phi) is 11.5. The standard InChI is InChI=1S/C36H43N7O6/c1-22(2)18-30(32(46)39-24(4)19-31(44)45)43-33(47)36(5,27-14-10-25(11-15-27)20-38-37)42(35(43)49)21-26-12-16-28(17-13-26)40-34(48)41-29-9-7-6-8-23(29)3/h6-17,22,24,30,37H,18-21H2,1-5H3,(H,39,46)(H,44,45)(H2,40,41,48)/t24-,30+,36+/m1/s1. The molecule has 1 aliphatic rings. The van der Waals surface area contributed by atoms with E-state index < -0.39 is 47.5 Å². The highest BCUT2D eigenvalue weighted by atomic mass is 16.4. The molecule has 1 heterocycles. The Morgan fingerprint density at radius 2 is 1.55 bits per heavy atom. The van der Waals surface area contributed by atoms with Crippen molar-refractivity contribution in [1.82, 2.24) is 15.1 Å². The molecule has 0 aliphatic carbocycles. The second-order valence-electron chi connectivity index (χ2n) is 12.9. The number of imide groups is 1. The van der Waals surface area contributed by atoms with Gasteiger partial charge in [-0.05, 0) is 73.6 Å². The minimum Gasteiger partial charge on any atom is -0.481 e. The zero-order chi connectivity index (χ0) is 35.9. The molecular weight excluding hydrogens is 626 g/mol. The third kappa shape index (κ3) is 8.47. The van der Waals surface area contributed by atoms with Gasteiger partial charge in [-0.3, -0.25) is 14.4 Å². The summed E-state index contributed by atoms with van der Waals surface area (Å²) in [6.07, 6.45) is -0.150. The van der Waals surface area contributed by atoms with E-state index in [4.69, 9.17) is 5.53 Å². The third-order valence-corrected chi connectivity index (χ3v) is 8.51. The average molecular weight is 670 g/mol. The van der Waals surface area contributed by atoms with Crippen molar-refractivity contribution < 1.29 is 29.1 Å². The fourth-order valence-electron chi connectivity index (χ4n) is 5.87. The third-order valence-electron chi connectivity index (χ3n) is 8.51. The summed E-state index contributed by atoms with van der Waals surface area (Å²) in [4.78, 5) is 68.7. The quantitative estimate of drug-likeness (QED) is 0.0999. The molecule has 258 valence electrons. The first kappa shape index (κ1) is 36.2. The summed E-state index contributed by atoms with van der Waals surface area (Å²) in [7, 11) is 0. The first-order valence-electron chi connectivity index (χ1n) is 16.1. The number of amides is 6. The fourth-order valence-corrected chi connectivity index (χ4v) is 5.87. The van der Waals surface area contributed by atoms with Crippen LogP contribution >= 0.6 is 0 Å². The van der Waals surface area contributed by atoms with Crippen molar-refractivity contribution in [3.8, 4) is 0 Å². The molecule has 0 bridgehead atoms. The van der Waals surface area contributed by atoms with E-state index in [9.17, 15) is 29.1 Å². The number of carboxylic acid groups (broad SMARTS) is 1. The van der Waals surface area contributed by atoms with Gasteiger partial charge < -0.3 is 26.0 Å². The molecule has 49 heavy (non-hydrogen) atoms. The zero-order valence-corrected chi connectivity index (χ0v) is 28.3. The Balaban J connectivity index is 1.65. The molecule has 1 saturated heterocycles. The molecule has 0 unspecified atom stereocenters. The highest BCUT2D eigenvalue weighted by molar-refractivity contribution is 6.10. The summed E-state index contributed by atoms with van der Waals surface area (Å²) >= 11 is 0. The van der Waals surface area contributed by atoms with E-state index >= 15 is 0 Å². The monoisotopic (exact) mass is 669 g/mol. The van der Waals surface area contributed by atoms with Crippen LogP contribution in [0.25, 0.3) is 0 Å². The van der Waals surface area contributed by atoms with Crippen molar-refractivity contribution in [3.63, 3.8) is 0 Å². The number of carbonyl (C=O) groups excluding carboxylic acids is 4. The van der Waals surface area contributed by atoms with Crippen LogP contribution in [-0.4, -0.2) is 56.8 Å². The number of urea groups is 2. The zero-order valence-electron chi connectivity index (χ0n) is 28.3. The van der Waals surface area contributed by atoms with E-state index in [1.807, 2.05) is 39.0 Å². The molecule has 0 saturated carbocycles. The van der Waals surface area contributed by atoms with Gasteiger partial charge in [-0.1, -0.05) is 68.4 Å². The van der Waals surface area contributed by atoms with E-state index in [2.05, 4.69) is 21.1 Å². The molecule has 0 aromatic heterocycles. The average Bonchev–Trinajstić information content (AvgIpc) is 3.22. The lowest BCUT2D eigenvalue weighted by molar-refractivity contribution is -0.141. The number of para-hydroxylation sites is 1. The predicted octanol–water partition coefficient (Wildman–Crippen LogP) is 6.24. The number of anilines is 2. The molecule has 3 atom stereocenters. The normalized spacial score (nSPS) is 17.1. The van der Waals surface area contributed by atoms with Crippen LogP contribution in [0.4, 0.5) is 21.0 Å². The van der Waals surface area contributed by atoms with Crippen LogP contribution in [-0.2, 0) is 33.0 Å². The maximum Gasteiger partial charge on any atom is 0.329 e. The highest BCUT2D eigenvalue weighted by Crippen LogP contribution is 2.40. The minimum absolute atomic E-state index is 0.00248. The van der Waals surface area contributed by atoms with Gasteiger partial charge in [-0.25, -0.2) is 20.0 Å². The van der Waals surface area contributed by atoms with Gasteiger partial charge >= 0.3 is 18.0 Å². The molecule has 1 aliphatic heterocycles. The Labute approximate surface area is 285 Å². The van der Waals surface area contributed by atoms with Crippen LogP contribution in [0.3, 0.4) is 0 Å². The van der Waals surface area contributed by atoms with Crippen molar-refractivity contribution in [2.24, 2.45) is 11.0 Å². The number of hydrogen-bond donors (Lipinski definition) is 5. The maximum absolute atomic E-state index is 14.5. The molecule has 6 amide bonds. The predicted molar refractivity (Wildman–Crippen MR) is 184 cm³/mol. The van der Waals surface area contributed by atoms with E-state index in [0.717, 1.165) is 16.0 Å². The number of benzene rings is 3. The summed E-state index contributed by atoms with van der Waals surface area (Å²) in [5, 5.41) is 20.9. The van der Waals surface area contributed by atoms with Gasteiger partial charge in [0.1, 0.15) is 11.6 Å². The first-order valence-corrected chi connectivity index (χ1v) is 16.1. The van der Waals surface area contributed by atoms with Gasteiger partial charge in [-0.15, -0.1) is 0 Å². The molecule has 5 N–H and O–H groups in total. The van der Waals surface area contributed by atoms with Crippen LogP contribution in [0.2, 0.25) is 0 Å². The number of nitrogens with one attached hydrogen (secondary N) is 4. The summed E-state index contributed by atoms with van der Waals surface area (Å²) in [5.74, 6) is -2.37. The lowest BCUT2D eigenvalue weighted by Crippen LogP contribution is -2.53. The van der Waals surface area contributed by atoms with Gasteiger partial charge in [0.05, 0.1) is 13.0 Å². The SMILES string of the molecule is Cc1ccccc1NC(=O)Nc1ccc(CN2C(=O)N([C@@H](CC(C)C)C(=O)N[C@H](C)CC(=O)O)C(=O)[C@]2(C)c2ccc(CN=N)cc2)cc1. The van der Waals surface area contributed by atoms with Crippen molar-refractivity contribution in [2.75, 3.05) is 10.6 Å². The van der Waals surface area contributed by atoms with Crippen LogP contribution in [0.1, 0.15) is 62.8 Å². The summed E-state index contributed by atoms with van der Waals surface area (Å²) in [5.41, 5.74) is 9.73. The van der Waals surface area contributed by atoms with Gasteiger partial charge in [0.2, 0.25) is 5.91 Å². The maximum atomic E-state index is 14.5. The van der Waals surface area contributed by atoms with Crippen LogP contribution in [0.5, 0.6) is 0 Å². The Morgan fingerprint density at radius 3 is 2.14 bits per heavy atom. The Morgan fingerprint density at radius 1 is 0.918 bits per heavy atom. The van der Waals surface area contributed by atoms with Crippen molar-refractivity contribution >= 4 is 41.2 Å². The first-order chi connectivity index (χ1) is 23.2. The van der Waals surface area contributed by atoms with E-state index in [-0.39, 0.29) is 31.8 Å². The summed E-state index contributed by atoms with van der Waals surface area (Å²) in [6.45, 7) is 8.99. The lowest BCUT2D eigenvalue weighted by Gasteiger charge is -2.32. The van der Waals surface area contributed by atoms with Gasteiger partial charge in [0.25, 0.3) is 5.91 Å². The lowest BCUT2D eigenvalue weighted by atomic mass is 9.88. The number of carbonyl (C=O) groups is 5. The Bertz CT molecular complexity index is 1710. The molecule has 0 spiro atoms. The molecular formula is C36H43N7O6. The fraction of sp³-hybridized carbons (Fsp3) is 0.361. The molecule has 13 nitrogen and oxygen atoms in total. The highest BCUT2D eigenvalue weighted by Gasteiger charge is 2.58. The van der Waals surface area contributed by atoms with E-state index in [1.54, 1.807) is 68.4 Å². The minimum atomic E-state index is -1.51. The van der Waals surface area contributed by atoms with Crippen LogP contribution in [0.15, 0.2) is 77.9 Å². The van der Waals surface area contributed by atoms with Crippen LogP contribution in [0, 0.1) is 18.4 Å². The van der Waals surface area contributed by atoms with Crippen molar-refractivity contribution in [3.05, 3.63) is 95.1 Å². The summed E-state index contributed by atoms with van der Waals surface area (Å²) < 4.78 is 0. The van der Waals surface area contributed by atoms with Gasteiger partial charge in [-0.2, -0.15) is 5.11 Å². The van der Waals surface area contributed by atoms with Crippen LogP contribution < -0.4 is 16.0 Å². The van der Waals surface area contributed by atoms with E-state index in [1.165, 1.54) is 4.90 Å². The molecule has 3 aromatic carbocycles. The van der Waals surface area contributed by atoms with Crippen molar-refractivity contribution in [2.45, 2.75) is 78.2 Å². The number of rotatable bonds is 14. The summed E-state index contributed by atoms with van der Waals surface area (Å²) in [6, 6.07) is 18.2. The molecule has 0 radical (unpaired) electrons. The van der Waals surface area contributed by atoms with Gasteiger partial charge in [0, 0.05) is 24.0 Å². The van der Waals surface area contributed by atoms with Crippen molar-refractivity contribution in [1.29, 1.82) is 5.53 Å². The number of aryl methyl sites for hydroxylation is 1. The molecule has 1 fully saturated rings. The Hall–Kier alpha value is -5.59. The topological polar surface area (TPSA) is 184 Å². The smallest absolute Gasteiger partial charge is 0.329 e.